The fraction of sp³-hybridized carbons (Fsp3) is 0.261. The number of amidine groups is 1. The van der Waals surface area contributed by atoms with E-state index in [0.29, 0.717) is 5.88 Å². The van der Waals surface area contributed by atoms with Crippen LogP contribution in [-0.4, -0.2) is 25.1 Å². The van der Waals surface area contributed by atoms with E-state index < -0.39 is 0 Å². The highest BCUT2D eigenvalue weighted by atomic mass is 16.5. The lowest BCUT2D eigenvalue weighted by atomic mass is 10.1. The molecule has 5 rings (SSSR count). The van der Waals surface area contributed by atoms with Crippen molar-refractivity contribution in [1.82, 2.24) is 5.32 Å². The van der Waals surface area contributed by atoms with Gasteiger partial charge in [-0.25, -0.2) is 0 Å². The number of rotatable bonds is 5. The third-order valence-corrected chi connectivity index (χ3v) is 5.29. The summed E-state index contributed by atoms with van der Waals surface area (Å²) >= 11 is 0. The molecule has 1 unspecified atom stereocenters. The Bertz CT molecular complexity index is 946. The first-order chi connectivity index (χ1) is 13.9. The highest BCUT2D eigenvalue weighted by Crippen LogP contribution is 2.38. The largest absolute Gasteiger partial charge is 0.446 e. The van der Waals surface area contributed by atoms with E-state index in [9.17, 15) is 0 Å². The van der Waals surface area contributed by atoms with Crippen molar-refractivity contribution in [2.45, 2.75) is 25.1 Å². The van der Waals surface area contributed by atoms with Gasteiger partial charge in [-0.2, -0.15) is 4.99 Å². The number of furan rings is 1. The van der Waals surface area contributed by atoms with Crippen LogP contribution in [0.3, 0.4) is 0 Å². The number of aliphatic imine (C=N–C) groups is 1. The monoisotopic (exact) mass is 373 g/mol. The van der Waals surface area contributed by atoms with Crippen LogP contribution >= 0.6 is 0 Å². The standard InChI is InChI=1S/C23H23N3O2/c1-3-8-17(9-4-1)21-25-23-20(13-15-28-23)22(24-16-19-12-7-14-27-19)26(21)18-10-5-2-6-11-18/h1-6,8-11,13,15,19,22,24H,7,12,14,16H2/t19-,22?/m0/s1. The van der Waals surface area contributed by atoms with E-state index in [0.717, 1.165) is 48.6 Å². The second-order valence-corrected chi connectivity index (χ2v) is 7.13. The highest BCUT2D eigenvalue weighted by Gasteiger charge is 2.34. The Kier molecular flexibility index (Phi) is 4.69. The Balaban J connectivity index is 1.57. The Hall–Kier alpha value is -2.89. The molecule has 1 aromatic heterocycles. The minimum absolute atomic E-state index is 0.0759. The topological polar surface area (TPSA) is 50.0 Å². The van der Waals surface area contributed by atoms with Gasteiger partial charge in [-0.3, -0.25) is 5.32 Å². The van der Waals surface area contributed by atoms with Crippen molar-refractivity contribution in [2.24, 2.45) is 4.99 Å². The van der Waals surface area contributed by atoms with E-state index >= 15 is 0 Å². The molecular formula is C23H23N3O2. The summed E-state index contributed by atoms with van der Waals surface area (Å²) in [7, 11) is 0. The van der Waals surface area contributed by atoms with Gasteiger partial charge in [0.1, 0.15) is 12.0 Å². The second kappa shape index (κ2) is 7.62. The predicted octanol–water partition coefficient (Wildman–Crippen LogP) is 4.65. The lowest BCUT2D eigenvalue weighted by molar-refractivity contribution is 0.107. The molecule has 5 heteroatoms. The molecule has 28 heavy (non-hydrogen) atoms. The van der Waals surface area contributed by atoms with Gasteiger partial charge >= 0.3 is 0 Å². The predicted molar refractivity (Wildman–Crippen MR) is 110 cm³/mol. The number of hydrogen-bond donors (Lipinski definition) is 1. The average molecular weight is 373 g/mol. The van der Waals surface area contributed by atoms with Crippen LogP contribution in [0, 0.1) is 0 Å². The van der Waals surface area contributed by atoms with E-state index in [2.05, 4.69) is 46.6 Å². The minimum atomic E-state index is -0.0759. The Morgan fingerprint density at radius 2 is 1.79 bits per heavy atom. The number of nitrogens with one attached hydrogen (secondary N) is 1. The van der Waals surface area contributed by atoms with Crippen LogP contribution in [0.25, 0.3) is 0 Å². The number of ether oxygens (including phenoxy) is 1. The van der Waals surface area contributed by atoms with Gasteiger partial charge in [0.05, 0.1) is 17.9 Å². The highest BCUT2D eigenvalue weighted by molar-refractivity contribution is 6.12. The van der Waals surface area contributed by atoms with Crippen LogP contribution in [0.1, 0.15) is 30.1 Å². The first-order valence-corrected chi connectivity index (χ1v) is 9.81. The van der Waals surface area contributed by atoms with E-state index in [4.69, 9.17) is 14.1 Å². The zero-order valence-electron chi connectivity index (χ0n) is 15.6. The number of anilines is 1. The smallest absolute Gasteiger partial charge is 0.227 e. The molecule has 2 atom stereocenters. The number of benzene rings is 2. The minimum Gasteiger partial charge on any atom is -0.446 e. The van der Waals surface area contributed by atoms with Crippen LogP contribution in [0.15, 0.2) is 82.4 Å². The third-order valence-electron chi connectivity index (χ3n) is 5.29. The molecule has 0 radical (unpaired) electrons. The van der Waals surface area contributed by atoms with Gasteiger partial charge in [0, 0.05) is 24.4 Å². The van der Waals surface area contributed by atoms with Gasteiger partial charge in [0.2, 0.25) is 5.88 Å². The maximum atomic E-state index is 5.83. The molecule has 5 nitrogen and oxygen atoms in total. The second-order valence-electron chi connectivity index (χ2n) is 7.13. The van der Waals surface area contributed by atoms with Crippen LogP contribution in [-0.2, 0) is 4.74 Å². The summed E-state index contributed by atoms with van der Waals surface area (Å²) in [5, 5.41) is 3.71. The molecule has 1 N–H and O–H groups in total. The maximum Gasteiger partial charge on any atom is 0.227 e. The molecule has 0 spiro atoms. The van der Waals surface area contributed by atoms with Gasteiger partial charge in [0.15, 0.2) is 0 Å². The van der Waals surface area contributed by atoms with Crippen molar-refractivity contribution in [3.63, 3.8) is 0 Å². The van der Waals surface area contributed by atoms with Crippen LogP contribution < -0.4 is 10.2 Å². The molecule has 0 aliphatic carbocycles. The molecule has 3 heterocycles. The van der Waals surface area contributed by atoms with Crippen molar-refractivity contribution in [3.05, 3.63) is 84.1 Å². The number of fused-ring (bicyclic) bond motifs is 1. The summed E-state index contributed by atoms with van der Waals surface area (Å²) in [4.78, 5) is 7.12. The van der Waals surface area contributed by atoms with Gasteiger partial charge in [0.25, 0.3) is 0 Å². The van der Waals surface area contributed by atoms with Crippen LogP contribution in [0.4, 0.5) is 11.6 Å². The lowest BCUT2D eigenvalue weighted by Gasteiger charge is -2.37. The SMILES string of the molecule is c1ccc(C2=Nc3occc3C(NC[C@@H]3CCCO3)N2c2ccccc2)cc1. The first kappa shape index (κ1) is 17.2. The maximum absolute atomic E-state index is 5.83. The van der Waals surface area contributed by atoms with Gasteiger partial charge in [-0.15, -0.1) is 0 Å². The number of nitrogens with zero attached hydrogens (tertiary/aromatic N) is 2. The summed E-state index contributed by atoms with van der Waals surface area (Å²) < 4.78 is 11.5. The zero-order valence-corrected chi connectivity index (χ0v) is 15.6. The fourth-order valence-corrected chi connectivity index (χ4v) is 3.92. The van der Waals surface area contributed by atoms with Crippen molar-refractivity contribution in [2.75, 3.05) is 18.1 Å². The fourth-order valence-electron chi connectivity index (χ4n) is 3.92. The Morgan fingerprint density at radius 3 is 2.54 bits per heavy atom. The molecule has 0 amide bonds. The van der Waals surface area contributed by atoms with E-state index in [-0.39, 0.29) is 12.3 Å². The summed E-state index contributed by atoms with van der Waals surface area (Å²) in [5.74, 6) is 1.54. The molecule has 142 valence electrons. The summed E-state index contributed by atoms with van der Waals surface area (Å²) in [6.07, 6.45) is 4.13. The molecule has 1 saturated heterocycles. The van der Waals surface area contributed by atoms with Gasteiger partial charge in [-0.1, -0.05) is 48.5 Å². The molecule has 0 bridgehead atoms. The van der Waals surface area contributed by atoms with Crippen molar-refractivity contribution in [1.29, 1.82) is 0 Å². The van der Waals surface area contributed by atoms with Crippen molar-refractivity contribution in [3.8, 4) is 0 Å². The van der Waals surface area contributed by atoms with Crippen molar-refractivity contribution < 1.29 is 9.15 Å². The Labute approximate surface area is 164 Å². The van der Waals surface area contributed by atoms with E-state index in [1.54, 1.807) is 6.26 Å². The van der Waals surface area contributed by atoms with Gasteiger partial charge < -0.3 is 14.1 Å². The summed E-state index contributed by atoms with van der Waals surface area (Å²) in [6.45, 7) is 1.65. The quantitative estimate of drug-likeness (QED) is 0.708. The molecule has 2 aliphatic rings. The molecule has 0 saturated carbocycles. The summed E-state index contributed by atoms with van der Waals surface area (Å²) in [5.41, 5.74) is 3.18. The molecule has 3 aromatic rings. The van der Waals surface area contributed by atoms with Crippen LogP contribution in [0.2, 0.25) is 0 Å². The molecule has 1 fully saturated rings. The number of para-hydroxylation sites is 1. The van der Waals surface area contributed by atoms with Gasteiger partial charge in [-0.05, 0) is 31.0 Å². The first-order valence-electron chi connectivity index (χ1n) is 9.81. The normalized spacial score (nSPS) is 21.4. The Morgan fingerprint density at radius 1 is 1.00 bits per heavy atom. The lowest BCUT2D eigenvalue weighted by Crippen LogP contribution is -2.46. The van der Waals surface area contributed by atoms with Crippen LogP contribution in [0.5, 0.6) is 0 Å². The van der Waals surface area contributed by atoms with E-state index in [1.165, 1.54) is 0 Å². The molecule has 2 aliphatic heterocycles. The van der Waals surface area contributed by atoms with E-state index in [1.807, 2.05) is 30.3 Å². The number of hydrogen-bond acceptors (Lipinski definition) is 5. The molecular weight excluding hydrogens is 350 g/mol. The third kappa shape index (κ3) is 3.23. The average Bonchev–Trinajstić information content (AvgIpc) is 3.44. The zero-order chi connectivity index (χ0) is 18.8. The molecule has 2 aromatic carbocycles. The summed E-state index contributed by atoms with van der Waals surface area (Å²) in [6, 6.07) is 22.6. The van der Waals surface area contributed by atoms with Crippen molar-refractivity contribution >= 4 is 17.4 Å².